The Hall–Kier alpha value is -1.92. The van der Waals surface area contributed by atoms with E-state index in [1.54, 1.807) is 0 Å². The summed E-state index contributed by atoms with van der Waals surface area (Å²) in [6, 6.07) is 9.38. The van der Waals surface area contributed by atoms with Crippen LogP contribution in [0, 0.1) is 5.92 Å². The molecule has 2 saturated heterocycles. The van der Waals surface area contributed by atoms with Gasteiger partial charge in [0.05, 0.1) is 5.54 Å². The fourth-order valence-electron chi connectivity index (χ4n) is 3.48. The average molecular weight is 345 g/mol. The zero-order chi connectivity index (χ0) is 17.7. The van der Waals surface area contributed by atoms with Gasteiger partial charge in [-0.3, -0.25) is 9.59 Å². The number of likely N-dealkylation sites (tertiary alicyclic amines) is 1. The van der Waals surface area contributed by atoms with Crippen molar-refractivity contribution < 1.29 is 14.3 Å². The van der Waals surface area contributed by atoms with Crippen LogP contribution in [-0.4, -0.2) is 55.1 Å². The van der Waals surface area contributed by atoms with E-state index < -0.39 is 5.54 Å². The second-order valence-corrected chi connectivity index (χ2v) is 7.08. The second kappa shape index (κ2) is 7.97. The molecule has 0 aliphatic carbocycles. The molecular weight excluding hydrogens is 318 g/mol. The number of carbonyl (C=O) groups excluding carboxylic acids is 2. The Morgan fingerprint density at radius 2 is 1.80 bits per heavy atom. The van der Waals surface area contributed by atoms with Crippen molar-refractivity contribution in [2.75, 3.05) is 32.8 Å². The highest BCUT2D eigenvalue weighted by atomic mass is 16.5. The van der Waals surface area contributed by atoms with Crippen molar-refractivity contribution in [2.45, 2.75) is 31.2 Å². The number of nitrogens with one attached hydrogen (secondary N) is 1. The van der Waals surface area contributed by atoms with Gasteiger partial charge >= 0.3 is 0 Å². The minimum absolute atomic E-state index is 0.0707. The number of hydrogen-bond acceptors (Lipinski definition) is 4. The Morgan fingerprint density at radius 1 is 1.16 bits per heavy atom. The topological polar surface area (TPSA) is 84.7 Å². The van der Waals surface area contributed by atoms with Crippen LogP contribution in [0.15, 0.2) is 30.3 Å². The first kappa shape index (κ1) is 17.9. The lowest BCUT2D eigenvalue weighted by atomic mass is 9.89. The van der Waals surface area contributed by atoms with E-state index >= 15 is 0 Å². The Balaban J connectivity index is 1.43. The lowest BCUT2D eigenvalue weighted by Gasteiger charge is -2.34. The summed E-state index contributed by atoms with van der Waals surface area (Å²) in [7, 11) is 0. The summed E-state index contributed by atoms with van der Waals surface area (Å²) < 4.78 is 5.28. The van der Waals surface area contributed by atoms with Gasteiger partial charge in [-0.15, -0.1) is 0 Å². The number of hydrogen-bond donors (Lipinski definition) is 2. The molecule has 2 aliphatic rings. The maximum absolute atomic E-state index is 12.4. The molecule has 1 aromatic carbocycles. The minimum Gasteiger partial charge on any atom is -0.381 e. The van der Waals surface area contributed by atoms with Gasteiger partial charge in [0.1, 0.15) is 0 Å². The molecule has 0 atom stereocenters. The Kier molecular flexibility index (Phi) is 5.71. The van der Waals surface area contributed by atoms with Crippen molar-refractivity contribution in [3.8, 4) is 0 Å². The number of piperidine rings is 1. The van der Waals surface area contributed by atoms with E-state index in [0.29, 0.717) is 38.5 Å². The third-order valence-corrected chi connectivity index (χ3v) is 5.31. The van der Waals surface area contributed by atoms with Crippen LogP contribution in [0.5, 0.6) is 0 Å². The van der Waals surface area contributed by atoms with Crippen LogP contribution < -0.4 is 11.1 Å². The fraction of sp³-hybridized carbons (Fsp3) is 0.579. The third-order valence-electron chi connectivity index (χ3n) is 5.31. The molecule has 2 fully saturated rings. The molecule has 25 heavy (non-hydrogen) atoms. The molecule has 2 amide bonds. The third kappa shape index (κ3) is 4.38. The molecule has 0 radical (unpaired) electrons. The van der Waals surface area contributed by atoms with Gasteiger partial charge in [0.15, 0.2) is 0 Å². The van der Waals surface area contributed by atoms with Crippen LogP contribution in [0.3, 0.4) is 0 Å². The highest BCUT2D eigenvalue weighted by molar-refractivity contribution is 5.94. The number of rotatable bonds is 4. The van der Waals surface area contributed by atoms with Crippen LogP contribution in [-0.2, 0) is 9.53 Å². The first-order chi connectivity index (χ1) is 12.1. The summed E-state index contributed by atoms with van der Waals surface area (Å²) in [5.41, 5.74) is 6.15. The molecule has 6 heteroatoms. The molecule has 6 nitrogen and oxygen atoms in total. The smallest absolute Gasteiger partial charge is 0.253 e. The summed E-state index contributed by atoms with van der Waals surface area (Å²) in [6.45, 7) is 3.19. The van der Waals surface area contributed by atoms with E-state index in [2.05, 4.69) is 5.32 Å². The van der Waals surface area contributed by atoms with Gasteiger partial charge in [-0.2, -0.15) is 0 Å². The molecule has 2 aliphatic heterocycles. The molecule has 0 spiro atoms. The molecule has 0 unspecified atom stereocenters. The van der Waals surface area contributed by atoms with E-state index in [-0.39, 0.29) is 11.8 Å². The molecule has 2 heterocycles. The minimum atomic E-state index is -0.789. The standard InChI is InChI=1S/C19H27N3O3/c20-19(8-12-25-13-9-19)18(24)21-14-15-6-10-22(11-7-15)17(23)16-4-2-1-3-5-16/h1-5,15H,6-14,20H2,(H,21,24). The average Bonchev–Trinajstić information content (AvgIpc) is 2.67. The van der Waals surface area contributed by atoms with Crippen LogP contribution in [0.25, 0.3) is 0 Å². The van der Waals surface area contributed by atoms with Gasteiger partial charge < -0.3 is 20.7 Å². The SMILES string of the molecule is NC1(C(=O)NCC2CCN(C(=O)c3ccccc3)CC2)CCOCC1. The molecule has 0 bridgehead atoms. The summed E-state index contributed by atoms with van der Waals surface area (Å²) in [5, 5.41) is 3.02. The monoisotopic (exact) mass is 345 g/mol. The van der Waals surface area contributed by atoms with Crippen molar-refractivity contribution in [1.82, 2.24) is 10.2 Å². The summed E-state index contributed by atoms with van der Waals surface area (Å²) in [6.07, 6.45) is 2.95. The summed E-state index contributed by atoms with van der Waals surface area (Å²) in [5.74, 6) is 0.414. The van der Waals surface area contributed by atoms with Crippen molar-refractivity contribution in [2.24, 2.45) is 11.7 Å². The summed E-state index contributed by atoms with van der Waals surface area (Å²) >= 11 is 0. The molecule has 0 saturated carbocycles. The first-order valence-electron chi connectivity index (χ1n) is 9.08. The van der Waals surface area contributed by atoms with Gasteiger partial charge in [-0.25, -0.2) is 0 Å². The molecule has 3 N–H and O–H groups in total. The number of ether oxygens (including phenoxy) is 1. The van der Waals surface area contributed by atoms with Crippen molar-refractivity contribution in [1.29, 1.82) is 0 Å². The Morgan fingerprint density at radius 3 is 2.44 bits per heavy atom. The van der Waals surface area contributed by atoms with Crippen LogP contribution in [0.4, 0.5) is 0 Å². The predicted octanol–water partition coefficient (Wildman–Crippen LogP) is 1.16. The van der Waals surface area contributed by atoms with Crippen LogP contribution in [0.1, 0.15) is 36.0 Å². The zero-order valence-electron chi connectivity index (χ0n) is 14.6. The van der Waals surface area contributed by atoms with E-state index in [1.807, 2.05) is 35.2 Å². The normalized spacial score (nSPS) is 20.9. The maximum Gasteiger partial charge on any atom is 0.253 e. The van der Waals surface area contributed by atoms with E-state index in [4.69, 9.17) is 10.5 Å². The first-order valence-corrected chi connectivity index (χ1v) is 9.08. The molecular formula is C19H27N3O3. The largest absolute Gasteiger partial charge is 0.381 e. The number of amides is 2. The van der Waals surface area contributed by atoms with E-state index in [9.17, 15) is 9.59 Å². The van der Waals surface area contributed by atoms with Crippen LogP contribution in [0.2, 0.25) is 0 Å². The molecule has 3 rings (SSSR count). The van der Waals surface area contributed by atoms with E-state index in [0.717, 1.165) is 31.5 Å². The Bertz CT molecular complexity index is 591. The lowest BCUT2D eigenvalue weighted by molar-refractivity contribution is -0.130. The number of carbonyl (C=O) groups is 2. The maximum atomic E-state index is 12.4. The van der Waals surface area contributed by atoms with Gasteiger partial charge in [0.2, 0.25) is 5.91 Å². The lowest BCUT2D eigenvalue weighted by Crippen LogP contribution is -2.57. The number of nitrogens with zero attached hydrogens (tertiary/aromatic N) is 1. The Labute approximate surface area is 148 Å². The van der Waals surface area contributed by atoms with E-state index in [1.165, 1.54) is 0 Å². The quantitative estimate of drug-likeness (QED) is 0.858. The van der Waals surface area contributed by atoms with Crippen molar-refractivity contribution >= 4 is 11.8 Å². The van der Waals surface area contributed by atoms with Crippen molar-refractivity contribution in [3.05, 3.63) is 35.9 Å². The zero-order valence-corrected chi connectivity index (χ0v) is 14.6. The molecule has 0 aromatic heterocycles. The molecule has 1 aromatic rings. The second-order valence-electron chi connectivity index (χ2n) is 7.08. The molecule has 136 valence electrons. The van der Waals surface area contributed by atoms with Gasteiger partial charge in [-0.05, 0) is 43.7 Å². The highest BCUT2D eigenvalue weighted by Crippen LogP contribution is 2.20. The predicted molar refractivity (Wildman–Crippen MR) is 95.1 cm³/mol. The number of benzene rings is 1. The highest BCUT2D eigenvalue weighted by Gasteiger charge is 2.36. The van der Waals surface area contributed by atoms with Gasteiger partial charge in [0, 0.05) is 38.4 Å². The van der Waals surface area contributed by atoms with Crippen LogP contribution >= 0.6 is 0 Å². The van der Waals surface area contributed by atoms with Gasteiger partial charge in [0.25, 0.3) is 5.91 Å². The number of nitrogens with two attached hydrogens (primary N) is 1. The summed E-state index contributed by atoms with van der Waals surface area (Å²) in [4.78, 5) is 26.7. The van der Waals surface area contributed by atoms with Crippen molar-refractivity contribution in [3.63, 3.8) is 0 Å². The van der Waals surface area contributed by atoms with Gasteiger partial charge in [-0.1, -0.05) is 18.2 Å². The fourth-order valence-corrected chi connectivity index (χ4v) is 3.48.